The number of rotatable bonds is 4. The van der Waals surface area contributed by atoms with E-state index in [2.05, 4.69) is 4.98 Å². The van der Waals surface area contributed by atoms with E-state index in [-0.39, 0.29) is 42.7 Å². The van der Waals surface area contributed by atoms with Crippen LogP contribution >= 0.6 is 11.3 Å². The molecule has 152 valence electrons. The van der Waals surface area contributed by atoms with Gasteiger partial charge in [-0.2, -0.15) is 4.31 Å². The zero-order valence-corrected chi connectivity index (χ0v) is 16.5. The molecule has 0 spiro atoms. The monoisotopic (exact) mass is 439 g/mol. The maximum atomic E-state index is 13.4. The summed E-state index contributed by atoms with van der Waals surface area (Å²) in [5.41, 5.74) is 0.262. The van der Waals surface area contributed by atoms with Gasteiger partial charge in [0.25, 0.3) is 5.91 Å². The Morgan fingerprint density at radius 2 is 1.86 bits per heavy atom. The molecule has 7 nitrogen and oxygen atoms in total. The second-order valence-corrected chi connectivity index (χ2v) is 9.08. The number of thiazole rings is 1. The number of piperazine rings is 1. The van der Waals surface area contributed by atoms with E-state index in [1.165, 1.54) is 22.5 Å². The molecule has 2 aromatic heterocycles. The van der Waals surface area contributed by atoms with Gasteiger partial charge in [-0.1, -0.05) is 0 Å². The topological polar surface area (TPSA) is 83.7 Å². The summed E-state index contributed by atoms with van der Waals surface area (Å²) in [4.78, 5) is 18.1. The maximum absolute atomic E-state index is 13.4. The Bertz CT molecular complexity index is 1140. The predicted octanol–water partition coefficient (Wildman–Crippen LogP) is 2.83. The summed E-state index contributed by atoms with van der Waals surface area (Å²) in [5, 5.41) is 2.21. The summed E-state index contributed by atoms with van der Waals surface area (Å²) < 4.78 is 58.2. The minimum absolute atomic E-state index is 0.0439. The first-order valence-electron chi connectivity index (χ1n) is 8.60. The molecule has 1 saturated heterocycles. The predicted molar refractivity (Wildman–Crippen MR) is 101 cm³/mol. The lowest BCUT2D eigenvalue weighted by Gasteiger charge is -2.33. The number of nitrogens with zero attached hydrogens (tertiary/aromatic N) is 3. The van der Waals surface area contributed by atoms with Crippen LogP contribution in [0.3, 0.4) is 0 Å². The molecule has 11 heteroatoms. The number of amides is 1. The summed E-state index contributed by atoms with van der Waals surface area (Å²) in [6.45, 7) is 0.412. The first-order valence-corrected chi connectivity index (χ1v) is 10.9. The van der Waals surface area contributed by atoms with Crippen molar-refractivity contribution in [1.82, 2.24) is 14.2 Å². The van der Waals surface area contributed by atoms with E-state index in [1.54, 1.807) is 17.5 Å². The molecule has 4 rings (SSSR count). The normalized spacial score (nSPS) is 15.6. The minimum atomic E-state index is -3.98. The van der Waals surface area contributed by atoms with Crippen LogP contribution in [-0.4, -0.2) is 54.7 Å². The Hall–Kier alpha value is -2.63. The molecule has 29 heavy (non-hydrogen) atoms. The first-order chi connectivity index (χ1) is 13.9. The van der Waals surface area contributed by atoms with Crippen molar-refractivity contribution in [2.24, 2.45) is 0 Å². The molecule has 1 aliphatic rings. The molecule has 0 unspecified atom stereocenters. The van der Waals surface area contributed by atoms with Crippen molar-refractivity contribution < 1.29 is 26.4 Å². The summed E-state index contributed by atoms with van der Waals surface area (Å²) in [7, 11) is -3.98. The van der Waals surface area contributed by atoms with Gasteiger partial charge in [0.05, 0.1) is 11.2 Å². The Kier molecular flexibility index (Phi) is 5.19. The highest BCUT2D eigenvalue weighted by atomic mass is 32.2. The van der Waals surface area contributed by atoms with Crippen molar-refractivity contribution in [2.45, 2.75) is 4.90 Å². The number of hydrogen-bond donors (Lipinski definition) is 0. The number of aromatic nitrogens is 1. The largest absolute Gasteiger partial charge is 0.462 e. The van der Waals surface area contributed by atoms with Gasteiger partial charge in [-0.15, -0.1) is 11.3 Å². The summed E-state index contributed by atoms with van der Waals surface area (Å²) >= 11 is 1.28. The van der Waals surface area contributed by atoms with Crippen molar-refractivity contribution in [3.63, 3.8) is 0 Å². The molecule has 0 saturated carbocycles. The van der Waals surface area contributed by atoms with Crippen molar-refractivity contribution in [3.05, 3.63) is 59.3 Å². The highest BCUT2D eigenvalue weighted by Crippen LogP contribution is 2.25. The van der Waals surface area contributed by atoms with Crippen LogP contribution in [0.4, 0.5) is 8.78 Å². The fraction of sp³-hybridized carbons (Fsp3) is 0.222. The quantitative estimate of drug-likeness (QED) is 0.624. The van der Waals surface area contributed by atoms with Crippen molar-refractivity contribution in [3.8, 4) is 10.8 Å². The second-order valence-electron chi connectivity index (χ2n) is 6.29. The maximum Gasteiger partial charge on any atom is 0.273 e. The number of carbonyl (C=O) groups is 1. The molecule has 0 atom stereocenters. The summed E-state index contributed by atoms with van der Waals surface area (Å²) in [6.07, 6.45) is 1.52. The van der Waals surface area contributed by atoms with Gasteiger partial charge < -0.3 is 9.32 Å². The van der Waals surface area contributed by atoms with Gasteiger partial charge >= 0.3 is 0 Å². The Morgan fingerprint density at radius 1 is 1.10 bits per heavy atom. The lowest BCUT2D eigenvalue weighted by molar-refractivity contribution is 0.0693. The molecule has 1 aliphatic heterocycles. The van der Waals surface area contributed by atoms with Gasteiger partial charge in [-0.05, 0) is 30.3 Å². The van der Waals surface area contributed by atoms with Crippen LogP contribution in [0.15, 0.2) is 51.3 Å². The van der Waals surface area contributed by atoms with Crippen LogP contribution in [0, 0.1) is 11.6 Å². The Morgan fingerprint density at radius 3 is 2.52 bits per heavy atom. The zero-order valence-electron chi connectivity index (χ0n) is 14.9. The number of carbonyl (C=O) groups excluding carboxylic acids is 1. The van der Waals surface area contributed by atoms with Gasteiger partial charge in [0.15, 0.2) is 22.4 Å². The standard InChI is InChI=1S/C18H15F2N3O4S2/c19-13-4-3-12(10-14(13)20)29(25,26)23-7-5-22(6-8-23)18(24)15-11-28-17(21-15)16-2-1-9-27-16/h1-4,9-11H,5-8H2. The molecule has 1 fully saturated rings. The zero-order chi connectivity index (χ0) is 20.6. The van der Waals surface area contributed by atoms with Crippen molar-refractivity contribution in [2.75, 3.05) is 26.2 Å². The van der Waals surface area contributed by atoms with Gasteiger partial charge in [0.2, 0.25) is 10.0 Å². The average Bonchev–Trinajstić information content (AvgIpc) is 3.41. The highest BCUT2D eigenvalue weighted by molar-refractivity contribution is 7.89. The second kappa shape index (κ2) is 7.65. The van der Waals surface area contributed by atoms with E-state index in [4.69, 9.17) is 4.42 Å². The first kappa shape index (κ1) is 19.7. The fourth-order valence-electron chi connectivity index (χ4n) is 2.97. The number of sulfonamides is 1. The van der Waals surface area contributed by atoms with Crippen molar-refractivity contribution >= 4 is 27.3 Å². The van der Waals surface area contributed by atoms with Crippen LogP contribution in [0.5, 0.6) is 0 Å². The number of halogens is 2. The van der Waals surface area contributed by atoms with E-state index < -0.39 is 21.7 Å². The molecular weight excluding hydrogens is 424 g/mol. The Balaban J connectivity index is 1.43. The molecule has 0 N–H and O–H groups in total. The lowest BCUT2D eigenvalue weighted by Crippen LogP contribution is -2.50. The fourth-order valence-corrected chi connectivity index (χ4v) is 5.16. The molecular formula is C18H15F2N3O4S2. The molecule has 0 aliphatic carbocycles. The molecule has 1 aromatic carbocycles. The van der Waals surface area contributed by atoms with Crippen LogP contribution in [-0.2, 0) is 10.0 Å². The minimum Gasteiger partial charge on any atom is -0.462 e. The third kappa shape index (κ3) is 3.80. The third-order valence-corrected chi connectivity index (χ3v) is 7.26. The Labute approximate surface area is 169 Å². The van der Waals surface area contributed by atoms with Crippen LogP contribution in [0.2, 0.25) is 0 Å². The van der Waals surface area contributed by atoms with Crippen molar-refractivity contribution in [1.29, 1.82) is 0 Å². The molecule has 0 radical (unpaired) electrons. The molecule has 3 heterocycles. The summed E-state index contributed by atoms with van der Waals surface area (Å²) in [6, 6.07) is 5.94. The van der Waals surface area contributed by atoms with E-state index in [9.17, 15) is 22.0 Å². The molecule has 0 bridgehead atoms. The van der Waals surface area contributed by atoms with Gasteiger partial charge in [0, 0.05) is 31.6 Å². The third-order valence-electron chi connectivity index (χ3n) is 4.51. The lowest BCUT2D eigenvalue weighted by atomic mass is 10.3. The van der Waals surface area contributed by atoms with Gasteiger partial charge in [-0.25, -0.2) is 22.2 Å². The van der Waals surface area contributed by atoms with Crippen LogP contribution in [0.25, 0.3) is 10.8 Å². The van der Waals surface area contributed by atoms with Gasteiger partial charge in [-0.3, -0.25) is 4.79 Å². The average molecular weight is 439 g/mol. The summed E-state index contributed by atoms with van der Waals surface area (Å²) in [5.74, 6) is -2.08. The number of furan rings is 1. The van der Waals surface area contributed by atoms with Crippen LogP contribution in [0.1, 0.15) is 10.5 Å². The smallest absolute Gasteiger partial charge is 0.273 e. The van der Waals surface area contributed by atoms with E-state index >= 15 is 0 Å². The van der Waals surface area contributed by atoms with E-state index in [1.807, 2.05) is 0 Å². The molecule has 3 aromatic rings. The van der Waals surface area contributed by atoms with E-state index in [0.29, 0.717) is 16.8 Å². The molecule has 1 amide bonds. The number of hydrogen-bond acceptors (Lipinski definition) is 6. The highest BCUT2D eigenvalue weighted by Gasteiger charge is 2.31. The SMILES string of the molecule is O=C(c1csc(-c2ccco2)n1)N1CCN(S(=O)(=O)c2ccc(F)c(F)c2)CC1. The van der Waals surface area contributed by atoms with Crippen LogP contribution < -0.4 is 0 Å². The van der Waals surface area contributed by atoms with Gasteiger partial charge in [0.1, 0.15) is 5.69 Å². The number of benzene rings is 1. The van der Waals surface area contributed by atoms with E-state index in [0.717, 1.165) is 16.4 Å².